The van der Waals surface area contributed by atoms with E-state index in [1.807, 2.05) is 48.5 Å². The Morgan fingerprint density at radius 2 is 1.78 bits per heavy atom. The third kappa shape index (κ3) is 4.00. The summed E-state index contributed by atoms with van der Waals surface area (Å²) < 4.78 is 4.92. The number of methoxy groups -OCH3 is 1. The van der Waals surface area contributed by atoms with Crippen LogP contribution in [0, 0.1) is 0 Å². The van der Waals surface area contributed by atoms with E-state index in [9.17, 15) is 9.59 Å². The van der Waals surface area contributed by atoms with E-state index in [4.69, 9.17) is 4.74 Å². The smallest absolute Gasteiger partial charge is 0.328 e. The van der Waals surface area contributed by atoms with Gasteiger partial charge < -0.3 is 9.64 Å². The zero-order valence-corrected chi connectivity index (χ0v) is 15.1. The van der Waals surface area contributed by atoms with Crippen molar-refractivity contribution >= 4 is 23.8 Å². The van der Waals surface area contributed by atoms with Crippen LogP contribution in [0.2, 0.25) is 0 Å². The molecule has 6 nitrogen and oxygen atoms in total. The highest BCUT2D eigenvalue weighted by Crippen LogP contribution is 2.29. The first-order valence-corrected chi connectivity index (χ1v) is 8.44. The molecule has 0 aliphatic carbocycles. The van der Waals surface area contributed by atoms with Crippen LogP contribution in [0.3, 0.4) is 0 Å². The highest BCUT2D eigenvalue weighted by Gasteiger charge is 2.25. The van der Waals surface area contributed by atoms with E-state index in [0.717, 1.165) is 17.5 Å². The molecular weight excluding hydrogens is 342 g/mol. The molecule has 0 saturated heterocycles. The minimum absolute atomic E-state index is 0.366. The Balaban J connectivity index is 2.04. The fourth-order valence-electron chi connectivity index (χ4n) is 2.79. The zero-order valence-electron chi connectivity index (χ0n) is 15.1. The molecule has 1 atom stereocenters. The molecule has 0 unspecified atom stereocenters. The first-order valence-electron chi connectivity index (χ1n) is 8.44. The van der Waals surface area contributed by atoms with Gasteiger partial charge in [0.25, 0.3) is 0 Å². The number of benzene rings is 2. The normalized spacial score (nSPS) is 11.5. The number of aromatic nitrogens is 2. The van der Waals surface area contributed by atoms with Crippen molar-refractivity contribution in [1.29, 1.82) is 0 Å². The lowest BCUT2D eigenvalue weighted by Crippen LogP contribution is -2.36. The summed E-state index contributed by atoms with van der Waals surface area (Å²) in [4.78, 5) is 33.5. The van der Waals surface area contributed by atoms with Gasteiger partial charge in [-0.3, -0.25) is 4.79 Å². The van der Waals surface area contributed by atoms with Crippen molar-refractivity contribution in [3.8, 4) is 11.3 Å². The summed E-state index contributed by atoms with van der Waals surface area (Å²) >= 11 is 0. The average Bonchev–Trinajstić information content (AvgIpc) is 2.74. The number of carbonyl (C=O) groups excluding carboxylic acids is 2. The van der Waals surface area contributed by atoms with Crippen molar-refractivity contribution in [2.45, 2.75) is 13.0 Å². The summed E-state index contributed by atoms with van der Waals surface area (Å²) in [6.07, 6.45) is 2.25. The van der Waals surface area contributed by atoms with Crippen LogP contribution in [-0.4, -0.2) is 35.4 Å². The summed E-state index contributed by atoms with van der Waals surface area (Å²) in [6.45, 7) is 1.76. The van der Waals surface area contributed by atoms with Crippen LogP contribution in [0.5, 0.6) is 0 Å². The predicted molar refractivity (Wildman–Crippen MR) is 103 cm³/mol. The molecule has 0 amide bonds. The van der Waals surface area contributed by atoms with Crippen LogP contribution >= 0.6 is 0 Å². The van der Waals surface area contributed by atoms with E-state index in [1.165, 1.54) is 13.4 Å². The van der Waals surface area contributed by atoms with Gasteiger partial charge in [-0.15, -0.1) is 0 Å². The van der Waals surface area contributed by atoms with Gasteiger partial charge in [-0.2, -0.15) is 0 Å². The lowest BCUT2D eigenvalue weighted by Gasteiger charge is -2.28. The van der Waals surface area contributed by atoms with Crippen LogP contribution < -0.4 is 4.90 Å². The van der Waals surface area contributed by atoms with E-state index in [1.54, 1.807) is 24.0 Å². The van der Waals surface area contributed by atoms with Crippen LogP contribution in [0.15, 0.2) is 67.0 Å². The molecule has 3 aromatic rings. The third-order valence-electron chi connectivity index (χ3n) is 4.21. The van der Waals surface area contributed by atoms with Gasteiger partial charge in [-0.25, -0.2) is 14.8 Å². The van der Waals surface area contributed by atoms with Crippen molar-refractivity contribution in [2.75, 3.05) is 12.0 Å². The van der Waals surface area contributed by atoms with Gasteiger partial charge in [0.1, 0.15) is 24.5 Å². The number of para-hydroxylation sites is 1. The zero-order chi connectivity index (χ0) is 19.2. The van der Waals surface area contributed by atoms with Gasteiger partial charge in [0, 0.05) is 22.9 Å². The van der Waals surface area contributed by atoms with E-state index in [2.05, 4.69) is 9.97 Å². The van der Waals surface area contributed by atoms with Crippen LogP contribution in [0.1, 0.15) is 17.3 Å². The number of aldehydes is 1. The number of ether oxygens (including phenoxy) is 1. The number of rotatable bonds is 6. The molecule has 0 fully saturated rings. The minimum Gasteiger partial charge on any atom is -0.467 e. The van der Waals surface area contributed by atoms with Crippen LogP contribution in [0.25, 0.3) is 11.3 Å². The van der Waals surface area contributed by atoms with Gasteiger partial charge in [0.2, 0.25) is 0 Å². The fraction of sp³-hybridized carbons (Fsp3) is 0.143. The average molecular weight is 361 g/mol. The second-order valence-electron chi connectivity index (χ2n) is 5.91. The minimum atomic E-state index is -0.572. The molecule has 1 heterocycles. The third-order valence-corrected chi connectivity index (χ3v) is 4.21. The molecule has 6 heteroatoms. The highest BCUT2D eigenvalue weighted by molar-refractivity contribution is 5.83. The molecule has 27 heavy (non-hydrogen) atoms. The number of esters is 1. The number of carbonyl (C=O) groups is 2. The summed E-state index contributed by atoms with van der Waals surface area (Å²) in [5, 5.41) is 0. The Hall–Kier alpha value is -3.54. The number of nitrogens with zero attached hydrogens (tertiary/aromatic N) is 3. The Morgan fingerprint density at radius 1 is 1.07 bits per heavy atom. The standard InChI is InChI=1S/C21H19N3O3/c1-15(21(26)27-2)24(18-6-4-3-5-7-18)20-12-19(22-14-23-20)17-10-8-16(13-25)9-11-17/h3-15H,1-2H3/t15-/m0/s1. The molecule has 0 aliphatic rings. The highest BCUT2D eigenvalue weighted by atomic mass is 16.5. The molecule has 136 valence electrons. The van der Waals surface area contributed by atoms with Gasteiger partial charge in [-0.05, 0) is 19.1 Å². The maximum atomic E-state index is 12.2. The van der Waals surface area contributed by atoms with Gasteiger partial charge >= 0.3 is 5.97 Å². The summed E-state index contributed by atoms with van der Waals surface area (Å²) in [5.41, 5.74) is 2.95. The van der Waals surface area contributed by atoms with Crippen LogP contribution in [0.4, 0.5) is 11.5 Å². The summed E-state index contributed by atoms with van der Waals surface area (Å²) in [6, 6.07) is 17.9. The van der Waals surface area contributed by atoms with Crippen LogP contribution in [-0.2, 0) is 9.53 Å². The molecule has 0 spiro atoms. The molecule has 0 bridgehead atoms. The first-order chi connectivity index (χ1) is 13.1. The Labute approximate surface area is 157 Å². The van der Waals surface area contributed by atoms with Gasteiger partial charge in [0.05, 0.1) is 12.8 Å². The maximum absolute atomic E-state index is 12.2. The first kappa shape index (κ1) is 18.3. The van der Waals surface area contributed by atoms with E-state index < -0.39 is 6.04 Å². The number of hydrogen-bond acceptors (Lipinski definition) is 6. The predicted octanol–water partition coefficient (Wildman–Crippen LogP) is 3.66. The largest absolute Gasteiger partial charge is 0.467 e. The Kier molecular flexibility index (Phi) is 5.56. The Morgan fingerprint density at radius 3 is 2.41 bits per heavy atom. The lowest BCUT2D eigenvalue weighted by atomic mass is 10.1. The molecule has 0 saturated carbocycles. The monoisotopic (exact) mass is 361 g/mol. The SMILES string of the molecule is COC(=O)[C@H](C)N(c1ccccc1)c1cc(-c2ccc(C=O)cc2)ncn1. The number of hydrogen-bond donors (Lipinski definition) is 0. The van der Waals surface area contributed by atoms with E-state index >= 15 is 0 Å². The van der Waals surface area contributed by atoms with Crippen molar-refractivity contribution in [2.24, 2.45) is 0 Å². The van der Waals surface area contributed by atoms with Gasteiger partial charge in [-0.1, -0.05) is 42.5 Å². The molecule has 2 aromatic carbocycles. The molecule has 0 aliphatic heterocycles. The quantitative estimate of drug-likeness (QED) is 0.493. The molecular formula is C21H19N3O3. The lowest BCUT2D eigenvalue weighted by molar-refractivity contribution is -0.141. The molecule has 3 rings (SSSR count). The fourth-order valence-corrected chi connectivity index (χ4v) is 2.79. The second kappa shape index (κ2) is 8.23. The van der Waals surface area contributed by atoms with Crippen molar-refractivity contribution in [3.05, 3.63) is 72.6 Å². The molecule has 1 aromatic heterocycles. The van der Waals surface area contributed by atoms with Crippen molar-refractivity contribution in [3.63, 3.8) is 0 Å². The molecule has 0 N–H and O–H groups in total. The van der Waals surface area contributed by atoms with E-state index in [0.29, 0.717) is 17.1 Å². The maximum Gasteiger partial charge on any atom is 0.328 e. The number of anilines is 2. The summed E-state index contributed by atoms with van der Waals surface area (Å²) in [5.74, 6) is 0.206. The van der Waals surface area contributed by atoms with Crippen molar-refractivity contribution < 1.29 is 14.3 Å². The Bertz CT molecular complexity index is 927. The second-order valence-corrected chi connectivity index (χ2v) is 5.91. The van der Waals surface area contributed by atoms with E-state index in [-0.39, 0.29) is 5.97 Å². The topological polar surface area (TPSA) is 72.4 Å². The van der Waals surface area contributed by atoms with Crippen molar-refractivity contribution in [1.82, 2.24) is 9.97 Å². The summed E-state index contributed by atoms with van der Waals surface area (Å²) in [7, 11) is 1.36. The van der Waals surface area contributed by atoms with Gasteiger partial charge in [0.15, 0.2) is 0 Å². The molecule has 0 radical (unpaired) electrons.